The standard InChI is InChI=1S/C18H10FN3O4S/c19-12-6-10-13(20-8-11(15(10)23)17(24)25)7-14(12)27-18-22-21-16(26-18)9-4-2-1-3-5-9/h1-8H,(H,20,23)(H,24,25). The molecule has 27 heavy (non-hydrogen) atoms. The predicted molar refractivity (Wildman–Crippen MR) is 95.3 cm³/mol. The first-order valence-electron chi connectivity index (χ1n) is 7.68. The third-order valence-corrected chi connectivity index (χ3v) is 4.66. The quantitative estimate of drug-likeness (QED) is 0.554. The minimum atomic E-state index is -1.38. The molecule has 134 valence electrons. The molecule has 4 aromatic rings. The summed E-state index contributed by atoms with van der Waals surface area (Å²) in [6.07, 6.45) is 1.08. The van der Waals surface area contributed by atoms with Crippen LogP contribution < -0.4 is 5.43 Å². The molecule has 2 aromatic carbocycles. The van der Waals surface area contributed by atoms with Gasteiger partial charge in [-0.15, -0.1) is 10.2 Å². The molecule has 0 unspecified atom stereocenters. The second kappa shape index (κ2) is 6.69. The van der Waals surface area contributed by atoms with Crippen molar-refractivity contribution in [2.75, 3.05) is 0 Å². The second-order valence-electron chi connectivity index (χ2n) is 5.51. The molecular weight excluding hydrogens is 373 g/mol. The van der Waals surface area contributed by atoms with Gasteiger partial charge in [0.05, 0.1) is 10.4 Å². The maximum absolute atomic E-state index is 14.4. The molecule has 0 radical (unpaired) electrons. The number of nitrogens with one attached hydrogen (secondary N) is 1. The van der Waals surface area contributed by atoms with Crippen LogP contribution in [0.15, 0.2) is 68.0 Å². The van der Waals surface area contributed by atoms with Gasteiger partial charge in [0.1, 0.15) is 11.4 Å². The molecule has 0 atom stereocenters. The highest BCUT2D eigenvalue weighted by Gasteiger charge is 2.17. The van der Waals surface area contributed by atoms with E-state index in [2.05, 4.69) is 15.2 Å². The van der Waals surface area contributed by atoms with Crippen molar-refractivity contribution in [1.29, 1.82) is 0 Å². The maximum atomic E-state index is 14.4. The molecule has 9 heteroatoms. The number of nitrogens with zero attached hydrogens (tertiary/aromatic N) is 2. The van der Waals surface area contributed by atoms with Gasteiger partial charge < -0.3 is 14.5 Å². The normalized spacial score (nSPS) is 11.0. The van der Waals surface area contributed by atoms with Gasteiger partial charge in [0, 0.05) is 17.1 Å². The number of pyridine rings is 1. The van der Waals surface area contributed by atoms with E-state index < -0.39 is 22.8 Å². The Labute approximate surface area is 154 Å². The Balaban J connectivity index is 1.70. The van der Waals surface area contributed by atoms with Crippen LogP contribution in [-0.4, -0.2) is 26.3 Å². The SMILES string of the molecule is O=C(O)c1c[nH]c2cc(Sc3nnc(-c4ccccc4)o3)c(F)cc2c1=O. The number of aromatic nitrogens is 3. The Kier molecular flexibility index (Phi) is 4.21. The van der Waals surface area contributed by atoms with Crippen LogP contribution in [0, 0.1) is 5.82 Å². The molecule has 0 fully saturated rings. The van der Waals surface area contributed by atoms with Crippen LogP contribution >= 0.6 is 11.8 Å². The number of carboxylic acids is 1. The number of aromatic amines is 1. The lowest BCUT2D eigenvalue weighted by Gasteiger charge is -2.04. The summed E-state index contributed by atoms with van der Waals surface area (Å²) >= 11 is 0.907. The van der Waals surface area contributed by atoms with E-state index in [-0.39, 0.29) is 15.5 Å². The molecule has 0 spiro atoms. The van der Waals surface area contributed by atoms with Crippen LogP contribution in [0.4, 0.5) is 4.39 Å². The number of benzene rings is 2. The minimum Gasteiger partial charge on any atom is -0.477 e. The number of fused-ring (bicyclic) bond motifs is 1. The fourth-order valence-electron chi connectivity index (χ4n) is 2.50. The van der Waals surface area contributed by atoms with E-state index in [0.29, 0.717) is 11.4 Å². The molecule has 4 rings (SSSR count). The lowest BCUT2D eigenvalue weighted by molar-refractivity contribution is 0.0695. The van der Waals surface area contributed by atoms with E-state index in [1.54, 1.807) is 0 Å². The lowest BCUT2D eigenvalue weighted by atomic mass is 10.1. The van der Waals surface area contributed by atoms with Crippen LogP contribution in [0.1, 0.15) is 10.4 Å². The smallest absolute Gasteiger partial charge is 0.341 e. The summed E-state index contributed by atoms with van der Waals surface area (Å²) in [5.41, 5.74) is -0.166. The molecule has 0 saturated carbocycles. The molecule has 2 aromatic heterocycles. The maximum Gasteiger partial charge on any atom is 0.341 e. The van der Waals surface area contributed by atoms with Crippen molar-refractivity contribution >= 4 is 28.6 Å². The molecule has 0 aliphatic heterocycles. The van der Waals surface area contributed by atoms with Crippen molar-refractivity contribution in [3.8, 4) is 11.5 Å². The van der Waals surface area contributed by atoms with Crippen molar-refractivity contribution in [3.63, 3.8) is 0 Å². The van der Waals surface area contributed by atoms with E-state index >= 15 is 0 Å². The highest BCUT2D eigenvalue weighted by Crippen LogP contribution is 2.32. The summed E-state index contributed by atoms with van der Waals surface area (Å²) in [4.78, 5) is 26.0. The van der Waals surface area contributed by atoms with Gasteiger partial charge in [-0.25, -0.2) is 9.18 Å². The molecule has 0 aliphatic rings. The van der Waals surface area contributed by atoms with E-state index in [0.717, 1.165) is 29.6 Å². The minimum absolute atomic E-state index is 0.0488. The number of aromatic carboxylic acids is 1. The first-order valence-corrected chi connectivity index (χ1v) is 8.49. The third-order valence-electron chi connectivity index (χ3n) is 3.79. The summed E-state index contributed by atoms with van der Waals surface area (Å²) < 4.78 is 20.0. The summed E-state index contributed by atoms with van der Waals surface area (Å²) in [5, 5.41) is 16.9. The first-order chi connectivity index (χ1) is 13.0. The molecule has 2 N–H and O–H groups in total. The Morgan fingerprint density at radius 3 is 2.70 bits per heavy atom. The molecular formula is C18H10FN3O4S. The number of halogens is 1. The monoisotopic (exact) mass is 383 g/mol. The van der Waals surface area contributed by atoms with E-state index in [1.165, 1.54) is 6.07 Å². The second-order valence-corrected chi connectivity index (χ2v) is 6.50. The van der Waals surface area contributed by atoms with Gasteiger partial charge in [0.15, 0.2) is 0 Å². The number of hydrogen-bond donors (Lipinski definition) is 2. The van der Waals surface area contributed by atoms with Gasteiger partial charge in [-0.3, -0.25) is 4.79 Å². The zero-order valence-electron chi connectivity index (χ0n) is 13.5. The topological polar surface area (TPSA) is 109 Å². The number of carbonyl (C=O) groups is 1. The number of H-pyrrole nitrogens is 1. The molecule has 0 bridgehead atoms. The van der Waals surface area contributed by atoms with Crippen molar-refractivity contribution in [2.24, 2.45) is 0 Å². The van der Waals surface area contributed by atoms with Crippen LogP contribution in [0.25, 0.3) is 22.4 Å². The molecule has 0 saturated heterocycles. The van der Waals surface area contributed by atoms with E-state index in [9.17, 15) is 14.0 Å². The summed E-state index contributed by atoms with van der Waals surface area (Å²) in [7, 11) is 0. The first kappa shape index (κ1) is 17.0. The summed E-state index contributed by atoms with van der Waals surface area (Å²) in [5.74, 6) is -1.77. The highest BCUT2D eigenvalue weighted by molar-refractivity contribution is 7.99. The molecule has 2 heterocycles. The van der Waals surface area contributed by atoms with Gasteiger partial charge >= 0.3 is 5.97 Å². The van der Waals surface area contributed by atoms with Gasteiger partial charge in [-0.05, 0) is 36.0 Å². The zero-order chi connectivity index (χ0) is 19.0. The summed E-state index contributed by atoms with van der Waals surface area (Å²) in [6.45, 7) is 0. The molecule has 7 nitrogen and oxygen atoms in total. The van der Waals surface area contributed by atoms with Crippen molar-refractivity contribution < 1.29 is 18.7 Å². The number of rotatable bonds is 4. The van der Waals surface area contributed by atoms with Crippen LogP contribution in [0.5, 0.6) is 0 Å². The highest BCUT2D eigenvalue weighted by atomic mass is 32.2. The lowest BCUT2D eigenvalue weighted by Crippen LogP contribution is -2.15. The van der Waals surface area contributed by atoms with Crippen LogP contribution in [0.2, 0.25) is 0 Å². The Morgan fingerprint density at radius 2 is 1.96 bits per heavy atom. The van der Waals surface area contributed by atoms with Crippen molar-refractivity contribution in [2.45, 2.75) is 10.1 Å². The van der Waals surface area contributed by atoms with Gasteiger partial charge in [0.2, 0.25) is 11.3 Å². The summed E-state index contributed by atoms with van der Waals surface area (Å²) in [6, 6.07) is 11.5. The fourth-order valence-corrected chi connectivity index (χ4v) is 3.22. The Hall–Kier alpha value is -3.46. The van der Waals surface area contributed by atoms with Crippen molar-refractivity contribution in [3.05, 3.63) is 70.3 Å². The largest absolute Gasteiger partial charge is 0.477 e. The average Bonchev–Trinajstić information content (AvgIpc) is 3.12. The van der Waals surface area contributed by atoms with Gasteiger partial charge in [0.25, 0.3) is 5.22 Å². The Morgan fingerprint density at radius 1 is 1.19 bits per heavy atom. The van der Waals surface area contributed by atoms with E-state index in [1.807, 2.05) is 30.3 Å². The molecule has 0 aliphatic carbocycles. The molecule has 0 amide bonds. The van der Waals surface area contributed by atoms with E-state index in [4.69, 9.17) is 9.52 Å². The zero-order valence-corrected chi connectivity index (χ0v) is 14.3. The fraction of sp³-hybridized carbons (Fsp3) is 0. The van der Waals surface area contributed by atoms with Crippen LogP contribution in [0.3, 0.4) is 0 Å². The Bertz CT molecular complexity index is 1220. The third kappa shape index (κ3) is 3.20. The number of hydrogen-bond acceptors (Lipinski definition) is 6. The number of carboxylic acid groups (broad SMARTS) is 1. The van der Waals surface area contributed by atoms with Crippen LogP contribution in [-0.2, 0) is 0 Å². The average molecular weight is 383 g/mol. The predicted octanol–water partition coefficient (Wildman–Crippen LogP) is 3.57. The van der Waals surface area contributed by atoms with Crippen molar-refractivity contribution in [1.82, 2.24) is 15.2 Å². The van der Waals surface area contributed by atoms with Gasteiger partial charge in [-0.2, -0.15) is 0 Å². The van der Waals surface area contributed by atoms with Gasteiger partial charge in [-0.1, -0.05) is 18.2 Å².